The molecule has 0 saturated heterocycles. The van der Waals surface area contributed by atoms with Crippen molar-refractivity contribution in [1.82, 2.24) is 20.2 Å². The average Bonchev–Trinajstić information content (AvgIpc) is 3.57. The number of rotatable bonds is 9. The van der Waals surface area contributed by atoms with Crippen LogP contribution in [-0.2, 0) is 22.6 Å². The molecule has 1 aromatic carbocycles. The predicted molar refractivity (Wildman–Crippen MR) is 126 cm³/mol. The van der Waals surface area contributed by atoms with Crippen molar-refractivity contribution in [3.8, 4) is 0 Å². The van der Waals surface area contributed by atoms with Gasteiger partial charge in [-0.15, -0.1) is 11.3 Å². The zero-order chi connectivity index (χ0) is 23.2. The fourth-order valence-electron chi connectivity index (χ4n) is 3.40. The first-order valence-corrected chi connectivity index (χ1v) is 11.6. The molecule has 0 aliphatic heterocycles. The van der Waals surface area contributed by atoms with Crippen LogP contribution in [0.15, 0.2) is 54.0 Å². The van der Waals surface area contributed by atoms with Gasteiger partial charge in [0.15, 0.2) is 5.13 Å². The average molecular weight is 464 g/mol. The molecule has 0 unspecified atom stereocenters. The molecule has 0 atom stereocenters. The van der Waals surface area contributed by atoms with Crippen LogP contribution in [0, 0.1) is 6.92 Å². The highest BCUT2D eigenvalue weighted by atomic mass is 32.1. The molecule has 2 N–H and O–H groups in total. The summed E-state index contributed by atoms with van der Waals surface area (Å²) in [5, 5.41) is 7.72. The van der Waals surface area contributed by atoms with E-state index >= 15 is 0 Å². The standard InChI is InChI=1S/C24H25N5O3S/c1-16-6-2-3-8-20(16)23(32)29(19-9-10-19)14-22(31)28-24-27-18(15-33-24)12-21(30)26-13-17-7-4-5-11-25-17/h2-8,11,15,19H,9-10,12-14H2,1H3,(H,26,30)(H,27,28,31). The summed E-state index contributed by atoms with van der Waals surface area (Å²) in [7, 11) is 0. The number of anilines is 1. The van der Waals surface area contributed by atoms with Crippen molar-refractivity contribution >= 4 is 34.2 Å². The van der Waals surface area contributed by atoms with Crippen LogP contribution < -0.4 is 10.6 Å². The summed E-state index contributed by atoms with van der Waals surface area (Å²) in [4.78, 5) is 48.0. The summed E-state index contributed by atoms with van der Waals surface area (Å²) in [5.74, 6) is -0.605. The topological polar surface area (TPSA) is 104 Å². The van der Waals surface area contributed by atoms with Gasteiger partial charge in [0.05, 0.1) is 24.4 Å². The Bertz CT molecular complexity index is 1140. The second-order valence-corrected chi connectivity index (χ2v) is 8.80. The van der Waals surface area contributed by atoms with Gasteiger partial charge >= 0.3 is 0 Å². The maximum absolute atomic E-state index is 13.0. The second-order valence-electron chi connectivity index (χ2n) is 7.95. The first-order chi connectivity index (χ1) is 16.0. The normalized spacial score (nSPS) is 12.8. The number of benzene rings is 1. The third kappa shape index (κ3) is 6.23. The minimum absolute atomic E-state index is 0.0304. The molecule has 0 bridgehead atoms. The zero-order valence-electron chi connectivity index (χ0n) is 18.3. The lowest BCUT2D eigenvalue weighted by atomic mass is 10.1. The Hall–Kier alpha value is -3.59. The maximum atomic E-state index is 13.0. The molecule has 170 valence electrons. The van der Waals surface area contributed by atoms with Gasteiger partial charge in [0, 0.05) is 23.2 Å². The van der Waals surface area contributed by atoms with E-state index in [0.29, 0.717) is 22.9 Å². The Morgan fingerprint density at radius 1 is 1.06 bits per heavy atom. The summed E-state index contributed by atoms with van der Waals surface area (Å²) < 4.78 is 0. The minimum Gasteiger partial charge on any atom is -0.350 e. The lowest BCUT2D eigenvalue weighted by Gasteiger charge is -2.22. The largest absolute Gasteiger partial charge is 0.350 e. The number of amides is 3. The number of carbonyl (C=O) groups excluding carboxylic acids is 3. The highest BCUT2D eigenvalue weighted by Crippen LogP contribution is 2.29. The maximum Gasteiger partial charge on any atom is 0.254 e. The Balaban J connectivity index is 1.30. The monoisotopic (exact) mass is 463 g/mol. The van der Waals surface area contributed by atoms with E-state index in [-0.39, 0.29) is 36.7 Å². The van der Waals surface area contributed by atoms with Gasteiger partial charge in [-0.2, -0.15) is 0 Å². The lowest BCUT2D eigenvalue weighted by Crippen LogP contribution is -2.39. The molecule has 0 spiro atoms. The van der Waals surface area contributed by atoms with Gasteiger partial charge in [-0.05, 0) is 43.5 Å². The van der Waals surface area contributed by atoms with E-state index in [9.17, 15) is 14.4 Å². The smallest absolute Gasteiger partial charge is 0.254 e. The van der Waals surface area contributed by atoms with Crippen molar-refractivity contribution in [2.45, 2.75) is 38.8 Å². The Morgan fingerprint density at radius 3 is 2.58 bits per heavy atom. The van der Waals surface area contributed by atoms with E-state index in [2.05, 4.69) is 20.6 Å². The Morgan fingerprint density at radius 2 is 1.85 bits per heavy atom. The van der Waals surface area contributed by atoms with Crippen molar-refractivity contribution in [2.24, 2.45) is 0 Å². The molecule has 8 nitrogen and oxygen atoms in total. The van der Waals surface area contributed by atoms with Crippen LogP contribution in [0.1, 0.15) is 40.2 Å². The van der Waals surface area contributed by atoms with Crippen molar-refractivity contribution in [3.63, 3.8) is 0 Å². The number of nitrogens with zero attached hydrogens (tertiary/aromatic N) is 3. The van der Waals surface area contributed by atoms with Crippen LogP contribution in [-0.4, -0.2) is 45.2 Å². The third-order valence-electron chi connectivity index (χ3n) is 5.27. The van der Waals surface area contributed by atoms with Crippen LogP contribution in [0.25, 0.3) is 0 Å². The molecule has 2 aromatic heterocycles. The van der Waals surface area contributed by atoms with Crippen molar-refractivity contribution in [2.75, 3.05) is 11.9 Å². The quantitative estimate of drug-likeness (QED) is 0.508. The fourth-order valence-corrected chi connectivity index (χ4v) is 4.12. The van der Waals surface area contributed by atoms with E-state index in [1.54, 1.807) is 22.5 Å². The number of thiazole rings is 1. The number of carbonyl (C=O) groups is 3. The zero-order valence-corrected chi connectivity index (χ0v) is 19.1. The highest BCUT2D eigenvalue weighted by Gasteiger charge is 2.34. The van der Waals surface area contributed by atoms with Crippen molar-refractivity contribution in [3.05, 3.63) is 76.6 Å². The van der Waals surface area contributed by atoms with Gasteiger partial charge in [0.1, 0.15) is 6.54 Å². The van der Waals surface area contributed by atoms with Crippen LogP contribution in [0.4, 0.5) is 5.13 Å². The number of pyridine rings is 1. The van der Waals surface area contributed by atoms with Gasteiger partial charge in [0.2, 0.25) is 11.8 Å². The van der Waals surface area contributed by atoms with E-state index in [1.807, 2.05) is 43.3 Å². The molecule has 0 radical (unpaired) electrons. The van der Waals surface area contributed by atoms with Gasteiger partial charge < -0.3 is 15.5 Å². The van der Waals surface area contributed by atoms with Crippen molar-refractivity contribution in [1.29, 1.82) is 0 Å². The second kappa shape index (κ2) is 10.4. The molecule has 1 saturated carbocycles. The van der Waals surface area contributed by atoms with Gasteiger partial charge in [-0.25, -0.2) is 4.98 Å². The van der Waals surface area contributed by atoms with Crippen LogP contribution >= 0.6 is 11.3 Å². The molecule has 2 heterocycles. The van der Waals surface area contributed by atoms with E-state index in [1.165, 1.54) is 11.3 Å². The summed E-state index contributed by atoms with van der Waals surface area (Å²) in [5.41, 5.74) is 2.85. The highest BCUT2D eigenvalue weighted by molar-refractivity contribution is 7.13. The van der Waals surface area contributed by atoms with E-state index < -0.39 is 0 Å². The molecule has 1 fully saturated rings. The van der Waals surface area contributed by atoms with Gasteiger partial charge in [-0.3, -0.25) is 19.4 Å². The third-order valence-corrected chi connectivity index (χ3v) is 6.08. The number of hydrogen-bond acceptors (Lipinski definition) is 6. The molecular formula is C24H25N5O3S. The van der Waals surface area contributed by atoms with Crippen LogP contribution in [0.5, 0.6) is 0 Å². The number of aromatic nitrogens is 2. The summed E-state index contributed by atoms with van der Waals surface area (Å²) in [6.45, 7) is 2.21. The first-order valence-electron chi connectivity index (χ1n) is 10.8. The lowest BCUT2D eigenvalue weighted by molar-refractivity contribution is -0.120. The Kier molecular flexibility index (Phi) is 7.09. The summed E-state index contributed by atoms with van der Waals surface area (Å²) >= 11 is 1.25. The molecule has 4 rings (SSSR count). The summed E-state index contributed by atoms with van der Waals surface area (Å²) in [6, 6.07) is 13.0. The predicted octanol–water partition coefficient (Wildman–Crippen LogP) is 2.95. The molecular weight excluding hydrogens is 438 g/mol. The molecule has 9 heteroatoms. The fraction of sp³-hybridized carbons (Fsp3) is 0.292. The summed E-state index contributed by atoms with van der Waals surface area (Å²) in [6.07, 6.45) is 3.59. The first kappa shape index (κ1) is 22.6. The number of aryl methyl sites for hydroxylation is 1. The minimum atomic E-state index is -0.302. The van der Waals surface area contributed by atoms with Gasteiger partial charge in [-0.1, -0.05) is 24.3 Å². The van der Waals surface area contributed by atoms with Crippen LogP contribution in [0.2, 0.25) is 0 Å². The van der Waals surface area contributed by atoms with E-state index in [0.717, 1.165) is 24.1 Å². The molecule has 33 heavy (non-hydrogen) atoms. The molecule has 3 aromatic rings. The number of nitrogens with one attached hydrogen (secondary N) is 2. The Labute approximate surface area is 196 Å². The van der Waals surface area contributed by atoms with Crippen molar-refractivity contribution < 1.29 is 14.4 Å². The molecule has 1 aliphatic rings. The SMILES string of the molecule is Cc1ccccc1C(=O)N(CC(=O)Nc1nc(CC(=O)NCc2ccccn2)cs1)C1CC1. The van der Waals surface area contributed by atoms with Gasteiger partial charge in [0.25, 0.3) is 5.91 Å². The van der Waals surface area contributed by atoms with Crippen LogP contribution in [0.3, 0.4) is 0 Å². The van der Waals surface area contributed by atoms with E-state index in [4.69, 9.17) is 0 Å². The molecule has 3 amide bonds. The molecule has 1 aliphatic carbocycles. The number of hydrogen-bond donors (Lipinski definition) is 2.